The Labute approximate surface area is 252 Å². The minimum Gasteiger partial charge on any atom is -0.463 e. The lowest BCUT2D eigenvalue weighted by atomic mass is 9.84. The lowest BCUT2D eigenvalue weighted by Gasteiger charge is -2.30. The Morgan fingerprint density at radius 2 is 1.71 bits per heavy atom. The van der Waals surface area contributed by atoms with Gasteiger partial charge in [-0.15, -0.1) is 13.2 Å². The van der Waals surface area contributed by atoms with E-state index in [4.69, 9.17) is 4.74 Å². The van der Waals surface area contributed by atoms with E-state index >= 15 is 0 Å². The molecular formula is C35H52N2O5. The lowest BCUT2D eigenvalue weighted by molar-refractivity contribution is -0.150. The second-order valence-electron chi connectivity index (χ2n) is 12.4. The van der Waals surface area contributed by atoms with Gasteiger partial charge in [-0.2, -0.15) is 0 Å². The SMILES string of the molecule is C=CCC[C@H](Cc1ccccc1)C(=O)OC[C@H](CC1CCCCC1)NC(=O)[C@H](CC=C)CC(=O)NC1(CO)CCCC1. The van der Waals surface area contributed by atoms with Crippen LogP contribution in [0.2, 0.25) is 0 Å². The van der Waals surface area contributed by atoms with Crippen LogP contribution in [0, 0.1) is 17.8 Å². The van der Waals surface area contributed by atoms with Gasteiger partial charge in [0.05, 0.1) is 30.0 Å². The van der Waals surface area contributed by atoms with Crippen molar-refractivity contribution in [1.29, 1.82) is 0 Å². The van der Waals surface area contributed by atoms with Crippen molar-refractivity contribution in [3.8, 4) is 0 Å². The topological polar surface area (TPSA) is 105 Å². The van der Waals surface area contributed by atoms with E-state index in [9.17, 15) is 19.5 Å². The minimum atomic E-state index is -0.581. The van der Waals surface area contributed by atoms with Crippen molar-refractivity contribution in [2.24, 2.45) is 17.8 Å². The minimum absolute atomic E-state index is 0.0241. The Kier molecular flexibility index (Phi) is 14.3. The van der Waals surface area contributed by atoms with Gasteiger partial charge in [0, 0.05) is 6.42 Å². The van der Waals surface area contributed by atoms with Crippen molar-refractivity contribution in [2.45, 2.75) is 108 Å². The van der Waals surface area contributed by atoms with Gasteiger partial charge < -0.3 is 20.5 Å². The Hall–Kier alpha value is -2.93. The van der Waals surface area contributed by atoms with Crippen molar-refractivity contribution in [3.63, 3.8) is 0 Å². The molecule has 7 heteroatoms. The third-order valence-corrected chi connectivity index (χ3v) is 9.01. The van der Waals surface area contributed by atoms with Crippen LogP contribution < -0.4 is 10.6 Å². The van der Waals surface area contributed by atoms with Gasteiger partial charge in [-0.3, -0.25) is 14.4 Å². The van der Waals surface area contributed by atoms with Crippen molar-refractivity contribution in [3.05, 3.63) is 61.2 Å². The van der Waals surface area contributed by atoms with Crippen LogP contribution in [-0.4, -0.2) is 47.7 Å². The van der Waals surface area contributed by atoms with Crippen molar-refractivity contribution in [1.82, 2.24) is 10.6 Å². The molecule has 0 heterocycles. The van der Waals surface area contributed by atoms with Crippen LogP contribution in [0.3, 0.4) is 0 Å². The third-order valence-electron chi connectivity index (χ3n) is 9.01. The van der Waals surface area contributed by atoms with Gasteiger partial charge in [0.25, 0.3) is 0 Å². The van der Waals surface area contributed by atoms with E-state index in [0.29, 0.717) is 25.2 Å². The first kappa shape index (κ1) is 33.6. The van der Waals surface area contributed by atoms with Crippen LogP contribution in [0.5, 0.6) is 0 Å². The van der Waals surface area contributed by atoms with Crippen molar-refractivity contribution < 1.29 is 24.2 Å². The number of aliphatic hydroxyl groups is 1. The summed E-state index contributed by atoms with van der Waals surface area (Å²) in [6.07, 6.45) is 15.8. The highest BCUT2D eigenvalue weighted by molar-refractivity contribution is 5.86. The molecule has 0 aliphatic heterocycles. The molecule has 2 aliphatic rings. The van der Waals surface area contributed by atoms with Crippen molar-refractivity contribution >= 4 is 17.8 Å². The average molecular weight is 581 g/mol. The van der Waals surface area contributed by atoms with Crippen LogP contribution >= 0.6 is 0 Å². The van der Waals surface area contributed by atoms with E-state index in [1.807, 2.05) is 36.4 Å². The molecule has 3 atom stereocenters. The fourth-order valence-electron chi connectivity index (χ4n) is 6.56. The largest absolute Gasteiger partial charge is 0.463 e. The molecule has 3 N–H and O–H groups in total. The van der Waals surface area contributed by atoms with Gasteiger partial charge in [0.15, 0.2) is 0 Å². The summed E-state index contributed by atoms with van der Waals surface area (Å²) >= 11 is 0. The standard InChI is InChI=1S/C35H52N2O5/c1-3-5-19-30(22-27-15-8-6-9-16-27)34(41)42-25-31(23-28-17-10-7-11-18-28)36-33(40)29(14-4-2)24-32(39)37-35(26-38)20-12-13-21-35/h3-4,6,8-9,15-16,28-31,38H,1-2,5,7,10-14,17-26H2,(H,36,40)(H,37,39)/t29-,30-,31+/m1/s1. The fraction of sp³-hybridized carbons (Fsp3) is 0.629. The first-order valence-electron chi connectivity index (χ1n) is 16.0. The summed E-state index contributed by atoms with van der Waals surface area (Å²) in [6, 6.07) is 9.62. The van der Waals surface area contributed by atoms with Gasteiger partial charge >= 0.3 is 5.97 Å². The number of allylic oxidation sites excluding steroid dienone is 2. The van der Waals surface area contributed by atoms with Gasteiger partial charge in [0.2, 0.25) is 11.8 Å². The summed E-state index contributed by atoms with van der Waals surface area (Å²) in [5.41, 5.74) is 0.507. The van der Waals surface area contributed by atoms with Crippen LogP contribution in [-0.2, 0) is 25.5 Å². The number of ether oxygens (including phenoxy) is 1. The third kappa shape index (κ3) is 11.0. The van der Waals surface area contributed by atoms with Gasteiger partial charge in [-0.1, -0.05) is 87.4 Å². The molecule has 2 amide bonds. The van der Waals surface area contributed by atoms with Gasteiger partial charge in [-0.05, 0) is 56.4 Å². The summed E-state index contributed by atoms with van der Waals surface area (Å²) in [4.78, 5) is 39.8. The van der Waals surface area contributed by atoms with E-state index in [1.165, 1.54) is 19.3 Å². The highest BCUT2D eigenvalue weighted by Crippen LogP contribution is 2.30. The Morgan fingerprint density at radius 1 is 1.00 bits per heavy atom. The molecule has 3 rings (SSSR count). The summed E-state index contributed by atoms with van der Waals surface area (Å²) in [6.45, 7) is 7.64. The second-order valence-corrected chi connectivity index (χ2v) is 12.4. The molecule has 42 heavy (non-hydrogen) atoms. The van der Waals surface area contributed by atoms with Crippen LogP contribution in [0.4, 0.5) is 0 Å². The molecule has 0 unspecified atom stereocenters. The lowest BCUT2D eigenvalue weighted by Crippen LogP contribution is -2.50. The molecule has 1 aromatic rings. The Bertz CT molecular complexity index is 998. The maximum absolute atomic E-state index is 13.5. The summed E-state index contributed by atoms with van der Waals surface area (Å²) in [5.74, 6) is -1.10. The molecule has 0 spiro atoms. The quantitative estimate of drug-likeness (QED) is 0.150. The molecular weight excluding hydrogens is 528 g/mol. The number of carbonyl (C=O) groups is 3. The molecule has 232 valence electrons. The summed E-state index contributed by atoms with van der Waals surface area (Å²) in [5, 5.41) is 16.1. The molecule has 0 radical (unpaired) electrons. The zero-order valence-electron chi connectivity index (χ0n) is 25.4. The number of benzene rings is 1. The van der Waals surface area contributed by atoms with E-state index in [-0.39, 0.29) is 49.4 Å². The van der Waals surface area contributed by atoms with Crippen LogP contribution in [0.25, 0.3) is 0 Å². The molecule has 0 aromatic heterocycles. The zero-order valence-corrected chi connectivity index (χ0v) is 25.4. The molecule has 2 saturated carbocycles. The second kappa shape index (κ2) is 17.9. The summed E-state index contributed by atoms with van der Waals surface area (Å²) < 4.78 is 5.90. The maximum atomic E-state index is 13.5. The first-order valence-corrected chi connectivity index (χ1v) is 16.0. The molecule has 0 bridgehead atoms. The number of carbonyl (C=O) groups excluding carboxylic acids is 3. The molecule has 2 aliphatic carbocycles. The number of hydrogen-bond donors (Lipinski definition) is 3. The van der Waals surface area contributed by atoms with Crippen LogP contribution in [0.15, 0.2) is 55.6 Å². The number of rotatable bonds is 18. The summed E-state index contributed by atoms with van der Waals surface area (Å²) in [7, 11) is 0. The molecule has 0 saturated heterocycles. The normalized spacial score (nSPS) is 18.8. The molecule has 7 nitrogen and oxygen atoms in total. The smallest absolute Gasteiger partial charge is 0.309 e. The number of esters is 1. The number of aliphatic hydroxyl groups excluding tert-OH is 1. The van der Waals surface area contributed by atoms with E-state index in [0.717, 1.165) is 56.9 Å². The maximum Gasteiger partial charge on any atom is 0.309 e. The number of amides is 2. The highest BCUT2D eigenvalue weighted by atomic mass is 16.5. The zero-order chi connectivity index (χ0) is 30.2. The van der Waals surface area contributed by atoms with E-state index in [1.54, 1.807) is 6.08 Å². The average Bonchev–Trinajstić information content (AvgIpc) is 3.47. The Balaban J connectivity index is 1.64. The highest BCUT2D eigenvalue weighted by Gasteiger charge is 2.36. The predicted octanol–water partition coefficient (Wildman–Crippen LogP) is 5.81. The molecule has 1 aromatic carbocycles. The fourth-order valence-corrected chi connectivity index (χ4v) is 6.56. The monoisotopic (exact) mass is 580 g/mol. The van der Waals surface area contributed by atoms with E-state index in [2.05, 4.69) is 23.8 Å². The van der Waals surface area contributed by atoms with Gasteiger partial charge in [-0.25, -0.2) is 0 Å². The predicted molar refractivity (Wildman–Crippen MR) is 166 cm³/mol. The van der Waals surface area contributed by atoms with E-state index < -0.39 is 11.5 Å². The first-order chi connectivity index (χ1) is 20.4. The number of hydrogen-bond acceptors (Lipinski definition) is 5. The van der Waals surface area contributed by atoms with Crippen LogP contribution in [0.1, 0.15) is 95.5 Å². The number of nitrogens with one attached hydrogen (secondary N) is 2. The molecule has 2 fully saturated rings. The van der Waals surface area contributed by atoms with Gasteiger partial charge in [0.1, 0.15) is 6.61 Å². The van der Waals surface area contributed by atoms with Crippen molar-refractivity contribution in [2.75, 3.05) is 13.2 Å². The Morgan fingerprint density at radius 3 is 2.36 bits per heavy atom.